The van der Waals surface area contributed by atoms with Gasteiger partial charge in [0.25, 0.3) is 0 Å². The maximum Gasteiger partial charge on any atom is 0.347 e. The number of aryl methyl sites for hydroxylation is 1. The minimum atomic E-state index is -0.515. The van der Waals surface area contributed by atoms with Crippen LogP contribution in [0.15, 0.2) is 45.6 Å². The van der Waals surface area contributed by atoms with E-state index in [1.165, 1.54) is 6.07 Å². The zero-order valence-corrected chi connectivity index (χ0v) is 8.23. The third kappa shape index (κ3) is 1.76. The molecule has 1 aromatic heterocycles. The van der Waals surface area contributed by atoms with Crippen molar-refractivity contribution in [2.75, 3.05) is 0 Å². The summed E-state index contributed by atoms with van der Waals surface area (Å²) in [5.41, 5.74) is 0.351. The maximum atomic E-state index is 11.5. The molecule has 0 bridgehead atoms. The van der Waals surface area contributed by atoms with Gasteiger partial charge in [0.15, 0.2) is 0 Å². The Bertz CT molecular complexity index is 526. The van der Waals surface area contributed by atoms with Crippen molar-refractivity contribution in [3.63, 3.8) is 0 Å². The molecule has 1 heterocycles. The van der Waals surface area contributed by atoms with Crippen molar-refractivity contribution in [3.8, 4) is 16.9 Å². The molecule has 1 N–H and O–H groups in total. The van der Waals surface area contributed by atoms with Gasteiger partial charge in [0.1, 0.15) is 17.1 Å². The molecule has 15 heavy (non-hydrogen) atoms. The fourth-order valence-corrected chi connectivity index (χ4v) is 1.47. The lowest BCUT2D eigenvalue weighted by atomic mass is 10.1. The quantitative estimate of drug-likeness (QED) is 0.772. The van der Waals surface area contributed by atoms with E-state index in [0.717, 1.165) is 0 Å². The average molecular weight is 202 g/mol. The van der Waals surface area contributed by atoms with E-state index in [2.05, 4.69) is 0 Å². The SMILES string of the molecule is Cc1cc(O)c(-c2ccccc2)c(=O)o1. The second-order valence-corrected chi connectivity index (χ2v) is 3.27. The molecule has 0 atom stereocenters. The molecule has 1 aromatic carbocycles. The number of hydrogen-bond donors (Lipinski definition) is 1. The third-order valence-corrected chi connectivity index (χ3v) is 2.12. The fourth-order valence-electron chi connectivity index (χ4n) is 1.47. The van der Waals surface area contributed by atoms with Crippen LogP contribution in [0.3, 0.4) is 0 Å². The van der Waals surface area contributed by atoms with Crippen LogP contribution in [0.4, 0.5) is 0 Å². The monoisotopic (exact) mass is 202 g/mol. The lowest BCUT2D eigenvalue weighted by molar-refractivity contribution is 0.438. The minimum Gasteiger partial charge on any atom is -0.507 e. The first-order valence-corrected chi connectivity index (χ1v) is 4.57. The van der Waals surface area contributed by atoms with Crippen molar-refractivity contribution in [3.05, 3.63) is 52.6 Å². The standard InChI is InChI=1S/C12H10O3/c1-8-7-10(13)11(12(14)15-8)9-5-3-2-4-6-9/h2-7,13H,1H3. The summed E-state index contributed by atoms with van der Waals surface area (Å²) >= 11 is 0. The van der Waals surface area contributed by atoms with Gasteiger partial charge in [0, 0.05) is 6.07 Å². The Kier molecular flexibility index (Phi) is 2.29. The highest BCUT2D eigenvalue weighted by molar-refractivity contribution is 5.68. The van der Waals surface area contributed by atoms with E-state index in [1.807, 2.05) is 6.07 Å². The molecular formula is C12H10O3. The van der Waals surface area contributed by atoms with Gasteiger partial charge < -0.3 is 9.52 Å². The Morgan fingerprint density at radius 1 is 1.20 bits per heavy atom. The highest BCUT2D eigenvalue weighted by Crippen LogP contribution is 2.25. The summed E-state index contributed by atoms with van der Waals surface area (Å²) in [5.74, 6) is 0.354. The second-order valence-electron chi connectivity index (χ2n) is 3.27. The summed E-state index contributed by atoms with van der Waals surface area (Å²) < 4.78 is 4.93. The van der Waals surface area contributed by atoms with E-state index in [4.69, 9.17) is 4.42 Å². The molecule has 0 aliphatic rings. The van der Waals surface area contributed by atoms with E-state index < -0.39 is 5.63 Å². The molecule has 0 aliphatic carbocycles. The molecule has 0 fully saturated rings. The Labute approximate surface area is 86.6 Å². The fraction of sp³-hybridized carbons (Fsp3) is 0.0833. The summed E-state index contributed by atoms with van der Waals surface area (Å²) in [6.45, 7) is 1.62. The van der Waals surface area contributed by atoms with Gasteiger partial charge in [-0.25, -0.2) is 4.79 Å². The lowest BCUT2D eigenvalue weighted by Gasteiger charge is -2.02. The molecular weight excluding hydrogens is 192 g/mol. The number of rotatable bonds is 1. The van der Waals surface area contributed by atoms with Gasteiger partial charge >= 0.3 is 5.63 Å². The molecule has 3 heteroatoms. The van der Waals surface area contributed by atoms with Gasteiger partial charge in [0.05, 0.1) is 0 Å². The summed E-state index contributed by atoms with van der Waals surface area (Å²) in [6, 6.07) is 10.4. The number of benzene rings is 1. The van der Waals surface area contributed by atoms with Gasteiger partial charge in [-0.1, -0.05) is 30.3 Å². The highest BCUT2D eigenvalue weighted by atomic mass is 16.4. The van der Waals surface area contributed by atoms with Crippen molar-refractivity contribution < 1.29 is 9.52 Å². The first-order chi connectivity index (χ1) is 7.18. The molecule has 3 nitrogen and oxygen atoms in total. The summed E-state index contributed by atoms with van der Waals surface area (Å²) in [6.07, 6.45) is 0. The third-order valence-electron chi connectivity index (χ3n) is 2.12. The van der Waals surface area contributed by atoms with Crippen LogP contribution in [0.5, 0.6) is 5.75 Å². The lowest BCUT2D eigenvalue weighted by Crippen LogP contribution is -2.03. The molecule has 0 aliphatic heterocycles. The van der Waals surface area contributed by atoms with Crippen LogP contribution >= 0.6 is 0 Å². The van der Waals surface area contributed by atoms with Gasteiger partial charge in [0.2, 0.25) is 0 Å². The van der Waals surface area contributed by atoms with Crippen molar-refractivity contribution in [1.29, 1.82) is 0 Å². The van der Waals surface area contributed by atoms with Crippen LogP contribution in [0, 0.1) is 6.92 Å². The summed E-state index contributed by atoms with van der Waals surface area (Å²) in [4.78, 5) is 11.5. The molecule has 0 spiro atoms. The van der Waals surface area contributed by atoms with Crippen molar-refractivity contribution >= 4 is 0 Å². The Balaban J connectivity index is 2.69. The van der Waals surface area contributed by atoms with Crippen molar-refractivity contribution in [2.45, 2.75) is 6.92 Å². The minimum absolute atomic E-state index is 0.0463. The summed E-state index contributed by atoms with van der Waals surface area (Å²) in [7, 11) is 0. The Morgan fingerprint density at radius 2 is 1.87 bits per heavy atom. The van der Waals surface area contributed by atoms with Crippen molar-refractivity contribution in [1.82, 2.24) is 0 Å². The Hall–Kier alpha value is -2.03. The molecule has 0 radical (unpaired) electrons. The predicted octanol–water partition coefficient (Wildman–Crippen LogP) is 2.32. The molecule has 0 saturated carbocycles. The first kappa shape index (κ1) is 9.52. The smallest absolute Gasteiger partial charge is 0.347 e. The molecule has 0 unspecified atom stereocenters. The zero-order chi connectivity index (χ0) is 10.8. The average Bonchev–Trinajstić information content (AvgIpc) is 2.17. The van der Waals surface area contributed by atoms with E-state index in [0.29, 0.717) is 11.3 Å². The normalized spacial score (nSPS) is 10.2. The molecule has 0 saturated heterocycles. The van der Waals surface area contributed by atoms with Gasteiger partial charge in [-0.05, 0) is 12.5 Å². The van der Waals surface area contributed by atoms with Crippen LogP contribution in [0.1, 0.15) is 5.76 Å². The van der Waals surface area contributed by atoms with E-state index >= 15 is 0 Å². The molecule has 2 aromatic rings. The van der Waals surface area contributed by atoms with Crippen LogP contribution in [-0.4, -0.2) is 5.11 Å². The second kappa shape index (κ2) is 3.61. The van der Waals surface area contributed by atoms with Crippen LogP contribution < -0.4 is 5.63 Å². The largest absolute Gasteiger partial charge is 0.507 e. The number of hydrogen-bond acceptors (Lipinski definition) is 3. The van der Waals surface area contributed by atoms with E-state index in [9.17, 15) is 9.90 Å². The molecule has 0 amide bonds. The van der Waals surface area contributed by atoms with Gasteiger partial charge in [-0.3, -0.25) is 0 Å². The van der Waals surface area contributed by atoms with Crippen molar-refractivity contribution in [2.24, 2.45) is 0 Å². The van der Waals surface area contributed by atoms with E-state index in [-0.39, 0.29) is 11.3 Å². The van der Waals surface area contributed by atoms with Gasteiger partial charge in [-0.2, -0.15) is 0 Å². The van der Waals surface area contributed by atoms with E-state index in [1.54, 1.807) is 31.2 Å². The molecule has 76 valence electrons. The highest BCUT2D eigenvalue weighted by Gasteiger charge is 2.10. The first-order valence-electron chi connectivity index (χ1n) is 4.57. The summed E-state index contributed by atoms with van der Waals surface area (Å²) in [5, 5.41) is 9.67. The zero-order valence-electron chi connectivity index (χ0n) is 8.23. The van der Waals surface area contributed by atoms with Crippen LogP contribution in [-0.2, 0) is 0 Å². The van der Waals surface area contributed by atoms with Gasteiger partial charge in [-0.15, -0.1) is 0 Å². The predicted molar refractivity (Wildman–Crippen MR) is 56.8 cm³/mol. The van der Waals surface area contributed by atoms with Crippen LogP contribution in [0.2, 0.25) is 0 Å². The number of aromatic hydroxyl groups is 1. The Morgan fingerprint density at radius 3 is 2.47 bits per heavy atom. The van der Waals surface area contributed by atoms with Crippen LogP contribution in [0.25, 0.3) is 11.1 Å². The molecule has 2 rings (SSSR count). The topological polar surface area (TPSA) is 50.4 Å². The maximum absolute atomic E-state index is 11.5.